The number of rotatable bonds is 3. The summed E-state index contributed by atoms with van der Waals surface area (Å²) in [5, 5.41) is 10.7. The van der Waals surface area contributed by atoms with Crippen molar-refractivity contribution in [2.75, 3.05) is 0 Å². The molecule has 0 spiro atoms. The molecule has 0 fully saturated rings. The molecule has 110 valence electrons. The van der Waals surface area contributed by atoms with Crippen LogP contribution in [0.2, 0.25) is 0 Å². The van der Waals surface area contributed by atoms with Crippen LogP contribution in [-0.2, 0) is 0 Å². The van der Waals surface area contributed by atoms with Crippen molar-refractivity contribution in [1.82, 2.24) is 0 Å². The number of ether oxygens (including phenoxy) is 1. The minimum absolute atomic E-state index is 0.0415. The summed E-state index contributed by atoms with van der Waals surface area (Å²) in [6.45, 7) is 0. The number of nitro groups is 1. The lowest BCUT2D eigenvalue weighted by molar-refractivity contribution is -0.384. The number of nitrogens with zero attached hydrogens (tertiary/aromatic N) is 1. The van der Waals surface area contributed by atoms with E-state index in [1.807, 2.05) is 22.6 Å². The van der Waals surface area contributed by atoms with E-state index < -0.39 is 11.3 Å². The quantitative estimate of drug-likeness (QED) is 0.417. The summed E-state index contributed by atoms with van der Waals surface area (Å²) in [6, 6.07) is 9.61. The molecule has 2 aromatic rings. The molecule has 0 saturated heterocycles. The molecule has 0 aliphatic heterocycles. The molecule has 0 aromatic heterocycles. The van der Waals surface area contributed by atoms with Crippen LogP contribution in [0.1, 0.15) is 0 Å². The fourth-order valence-corrected chi connectivity index (χ4v) is 2.50. The molecule has 0 N–H and O–H groups in total. The highest BCUT2D eigenvalue weighted by molar-refractivity contribution is 14.1. The Morgan fingerprint density at radius 2 is 1.71 bits per heavy atom. The van der Waals surface area contributed by atoms with E-state index in [9.17, 15) is 23.3 Å². The molecule has 0 heterocycles. The van der Waals surface area contributed by atoms with E-state index in [4.69, 9.17) is 0 Å². The SMILES string of the molecule is O=[N+]([O-])c1ccc(-c2ccc(OC(F)(F)F)cc2)c(I)c1. The summed E-state index contributed by atoms with van der Waals surface area (Å²) in [5.41, 5.74) is 1.30. The van der Waals surface area contributed by atoms with Crippen LogP contribution in [0, 0.1) is 13.7 Å². The maximum Gasteiger partial charge on any atom is 0.573 e. The molecule has 0 aliphatic carbocycles. The van der Waals surface area contributed by atoms with E-state index in [0.29, 0.717) is 14.7 Å². The Labute approximate surface area is 130 Å². The van der Waals surface area contributed by atoms with Gasteiger partial charge in [0.25, 0.3) is 5.69 Å². The average Bonchev–Trinajstić information content (AvgIpc) is 2.38. The number of hydrogen-bond donors (Lipinski definition) is 0. The van der Waals surface area contributed by atoms with Gasteiger partial charge in [-0.15, -0.1) is 13.2 Å². The molecule has 2 rings (SSSR count). The normalized spacial score (nSPS) is 11.2. The van der Waals surface area contributed by atoms with Crippen molar-refractivity contribution in [3.63, 3.8) is 0 Å². The first kappa shape index (κ1) is 15.5. The van der Waals surface area contributed by atoms with E-state index in [1.54, 1.807) is 6.07 Å². The fourth-order valence-electron chi connectivity index (χ4n) is 1.69. The molecular weight excluding hydrogens is 402 g/mol. The molecule has 8 heteroatoms. The highest BCUT2D eigenvalue weighted by Crippen LogP contribution is 2.31. The van der Waals surface area contributed by atoms with Gasteiger partial charge in [0, 0.05) is 15.7 Å². The molecule has 0 amide bonds. The number of halogens is 4. The van der Waals surface area contributed by atoms with Crippen molar-refractivity contribution >= 4 is 28.3 Å². The standard InChI is InChI=1S/C13H7F3INO3/c14-13(15,16)21-10-4-1-8(2-5-10)11-6-3-9(18(19)20)7-12(11)17/h1-7H. The van der Waals surface area contributed by atoms with E-state index in [0.717, 1.165) is 0 Å². The third-order valence-electron chi connectivity index (χ3n) is 2.56. The molecule has 0 unspecified atom stereocenters. The lowest BCUT2D eigenvalue weighted by Gasteiger charge is -2.10. The predicted molar refractivity (Wildman–Crippen MR) is 77.9 cm³/mol. The smallest absolute Gasteiger partial charge is 0.406 e. The average molecular weight is 409 g/mol. The minimum atomic E-state index is -4.73. The van der Waals surface area contributed by atoms with Crippen LogP contribution in [-0.4, -0.2) is 11.3 Å². The number of alkyl halides is 3. The van der Waals surface area contributed by atoms with Gasteiger partial charge < -0.3 is 4.74 Å². The van der Waals surface area contributed by atoms with Gasteiger partial charge in [0.15, 0.2) is 0 Å². The van der Waals surface area contributed by atoms with E-state index in [2.05, 4.69) is 4.74 Å². The van der Waals surface area contributed by atoms with Crippen LogP contribution in [0.3, 0.4) is 0 Å². The maximum atomic E-state index is 12.1. The first-order valence-electron chi connectivity index (χ1n) is 5.56. The first-order valence-corrected chi connectivity index (χ1v) is 6.64. The van der Waals surface area contributed by atoms with Crippen molar-refractivity contribution in [2.45, 2.75) is 6.36 Å². The summed E-state index contributed by atoms with van der Waals surface area (Å²) in [6.07, 6.45) is -4.73. The van der Waals surface area contributed by atoms with Gasteiger partial charge in [-0.05, 0) is 51.9 Å². The Bertz CT molecular complexity index is 671. The van der Waals surface area contributed by atoms with Gasteiger partial charge >= 0.3 is 6.36 Å². The monoisotopic (exact) mass is 409 g/mol. The highest BCUT2D eigenvalue weighted by atomic mass is 127. The summed E-state index contributed by atoms with van der Waals surface area (Å²) in [4.78, 5) is 10.1. The molecule has 21 heavy (non-hydrogen) atoms. The second kappa shape index (κ2) is 5.88. The topological polar surface area (TPSA) is 52.4 Å². The van der Waals surface area contributed by atoms with E-state index >= 15 is 0 Å². The Morgan fingerprint density at radius 3 is 2.19 bits per heavy atom. The van der Waals surface area contributed by atoms with Gasteiger partial charge in [-0.25, -0.2) is 0 Å². The van der Waals surface area contributed by atoms with Crippen molar-refractivity contribution in [2.24, 2.45) is 0 Å². The molecule has 4 nitrogen and oxygen atoms in total. The second-order valence-electron chi connectivity index (χ2n) is 3.99. The Hall–Kier alpha value is -1.84. The van der Waals surface area contributed by atoms with Crippen LogP contribution in [0.25, 0.3) is 11.1 Å². The zero-order valence-electron chi connectivity index (χ0n) is 10.2. The van der Waals surface area contributed by atoms with Crippen molar-refractivity contribution in [1.29, 1.82) is 0 Å². The van der Waals surface area contributed by atoms with Crippen molar-refractivity contribution < 1.29 is 22.8 Å². The van der Waals surface area contributed by atoms with E-state index in [-0.39, 0.29) is 11.4 Å². The molecule has 0 saturated carbocycles. The third kappa shape index (κ3) is 4.06. The molecule has 0 aliphatic rings. The number of nitro benzene ring substituents is 1. The Kier molecular flexibility index (Phi) is 4.35. The zero-order chi connectivity index (χ0) is 15.6. The predicted octanol–water partition coefficient (Wildman–Crippen LogP) is 4.77. The van der Waals surface area contributed by atoms with Crippen molar-refractivity contribution in [3.05, 3.63) is 56.1 Å². The minimum Gasteiger partial charge on any atom is -0.406 e. The molecular formula is C13H7F3INO3. The van der Waals surface area contributed by atoms with Gasteiger partial charge in [-0.2, -0.15) is 0 Å². The van der Waals surface area contributed by atoms with Gasteiger partial charge in [-0.1, -0.05) is 12.1 Å². The molecule has 2 aromatic carbocycles. The summed E-state index contributed by atoms with van der Waals surface area (Å²) in [5.74, 6) is -0.317. The highest BCUT2D eigenvalue weighted by Gasteiger charge is 2.30. The van der Waals surface area contributed by atoms with Gasteiger partial charge in [0.05, 0.1) is 4.92 Å². The third-order valence-corrected chi connectivity index (χ3v) is 3.45. The second-order valence-corrected chi connectivity index (χ2v) is 5.16. The van der Waals surface area contributed by atoms with Crippen LogP contribution in [0.4, 0.5) is 18.9 Å². The largest absolute Gasteiger partial charge is 0.573 e. The summed E-state index contributed by atoms with van der Waals surface area (Å²) in [7, 11) is 0. The summed E-state index contributed by atoms with van der Waals surface area (Å²) < 4.78 is 40.6. The molecule has 0 radical (unpaired) electrons. The fraction of sp³-hybridized carbons (Fsp3) is 0.0769. The molecule has 0 bridgehead atoms. The lowest BCUT2D eigenvalue weighted by atomic mass is 10.1. The number of non-ortho nitro benzene ring substituents is 1. The molecule has 0 atom stereocenters. The van der Waals surface area contributed by atoms with Gasteiger partial charge in [0.1, 0.15) is 5.75 Å². The van der Waals surface area contributed by atoms with Crippen LogP contribution < -0.4 is 4.74 Å². The van der Waals surface area contributed by atoms with Crippen LogP contribution in [0.5, 0.6) is 5.75 Å². The lowest BCUT2D eigenvalue weighted by Crippen LogP contribution is -2.16. The van der Waals surface area contributed by atoms with Gasteiger partial charge in [0.2, 0.25) is 0 Å². The van der Waals surface area contributed by atoms with Gasteiger partial charge in [-0.3, -0.25) is 10.1 Å². The Balaban J connectivity index is 2.29. The first-order chi connectivity index (χ1) is 9.76. The zero-order valence-corrected chi connectivity index (χ0v) is 12.4. The summed E-state index contributed by atoms with van der Waals surface area (Å²) >= 11 is 1.94. The maximum absolute atomic E-state index is 12.1. The number of hydrogen-bond acceptors (Lipinski definition) is 3. The number of benzene rings is 2. The van der Waals surface area contributed by atoms with E-state index in [1.165, 1.54) is 36.4 Å². The Morgan fingerprint density at radius 1 is 1.10 bits per heavy atom. The van der Waals surface area contributed by atoms with Crippen molar-refractivity contribution in [3.8, 4) is 16.9 Å². The van der Waals surface area contributed by atoms with Crippen LogP contribution >= 0.6 is 22.6 Å². The van der Waals surface area contributed by atoms with Crippen LogP contribution in [0.15, 0.2) is 42.5 Å².